The van der Waals surface area contributed by atoms with Crippen molar-refractivity contribution in [1.82, 2.24) is 19.8 Å². The highest BCUT2D eigenvalue weighted by molar-refractivity contribution is 7.89. The number of rotatable bonds is 7. The highest BCUT2D eigenvalue weighted by Gasteiger charge is 2.28. The van der Waals surface area contributed by atoms with Crippen LogP contribution in [0.15, 0.2) is 58.2 Å². The molecule has 27 heavy (non-hydrogen) atoms. The van der Waals surface area contributed by atoms with Crippen molar-refractivity contribution in [1.29, 1.82) is 0 Å². The summed E-state index contributed by atoms with van der Waals surface area (Å²) in [6, 6.07) is 8.98. The maximum absolute atomic E-state index is 12.7. The fourth-order valence-electron chi connectivity index (χ4n) is 2.44. The molecule has 1 aromatic carbocycles. The maximum Gasteiger partial charge on any atom is 0.245 e. The van der Waals surface area contributed by atoms with Crippen LogP contribution in [0.25, 0.3) is 11.4 Å². The van der Waals surface area contributed by atoms with Crippen LogP contribution in [0, 0.1) is 5.92 Å². The molecule has 1 atom stereocenters. The van der Waals surface area contributed by atoms with Crippen molar-refractivity contribution in [2.24, 2.45) is 5.92 Å². The molecular weight excluding hydrogens is 368 g/mol. The lowest BCUT2D eigenvalue weighted by Gasteiger charge is -2.18. The minimum absolute atomic E-state index is 0.108. The number of aromatic nitrogens is 3. The van der Waals surface area contributed by atoms with E-state index in [2.05, 4.69) is 19.8 Å². The molecule has 0 fully saturated rings. The van der Waals surface area contributed by atoms with E-state index in [0.29, 0.717) is 11.6 Å². The summed E-state index contributed by atoms with van der Waals surface area (Å²) >= 11 is 0. The van der Waals surface area contributed by atoms with Gasteiger partial charge in [-0.1, -0.05) is 19.0 Å². The molecule has 1 N–H and O–H groups in total. The Kier molecular flexibility index (Phi) is 5.52. The molecule has 3 rings (SSSR count). The number of benzene rings is 1. The molecule has 0 aliphatic heterocycles. The number of ether oxygens (including phenoxy) is 1. The molecule has 3 aromatic rings. The third-order valence-corrected chi connectivity index (χ3v) is 5.42. The molecule has 8 nitrogen and oxygen atoms in total. The largest absolute Gasteiger partial charge is 0.497 e. The Labute approximate surface area is 157 Å². The number of methoxy groups -OCH3 is 1. The van der Waals surface area contributed by atoms with E-state index in [1.165, 1.54) is 19.2 Å². The summed E-state index contributed by atoms with van der Waals surface area (Å²) in [7, 11) is -2.26. The zero-order valence-corrected chi connectivity index (χ0v) is 16.0. The first-order valence-corrected chi connectivity index (χ1v) is 9.79. The third-order valence-electron chi connectivity index (χ3n) is 3.96. The summed E-state index contributed by atoms with van der Waals surface area (Å²) in [5.41, 5.74) is 0.737. The van der Waals surface area contributed by atoms with E-state index in [-0.39, 0.29) is 16.7 Å². The topological polar surface area (TPSA) is 107 Å². The Morgan fingerprint density at radius 3 is 2.33 bits per heavy atom. The Bertz CT molecular complexity index is 986. The van der Waals surface area contributed by atoms with E-state index >= 15 is 0 Å². The summed E-state index contributed by atoms with van der Waals surface area (Å²) in [6.07, 6.45) is 3.25. The van der Waals surface area contributed by atoms with Gasteiger partial charge in [0.25, 0.3) is 0 Å². The van der Waals surface area contributed by atoms with Crippen molar-refractivity contribution in [3.63, 3.8) is 0 Å². The molecule has 9 heteroatoms. The lowest BCUT2D eigenvalue weighted by molar-refractivity contribution is 0.311. The van der Waals surface area contributed by atoms with Crippen LogP contribution in [0.3, 0.4) is 0 Å². The first kappa shape index (κ1) is 19.0. The lowest BCUT2D eigenvalue weighted by Crippen LogP contribution is -2.32. The van der Waals surface area contributed by atoms with Gasteiger partial charge in [-0.15, -0.1) is 0 Å². The first-order valence-electron chi connectivity index (χ1n) is 8.31. The van der Waals surface area contributed by atoms with Crippen molar-refractivity contribution >= 4 is 10.0 Å². The molecular formula is C18H20N4O4S. The summed E-state index contributed by atoms with van der Waals surface area (Å²) < 4.78 is 38.5. The zero-order valence-electron chi connectivity index (χ0n) is 15.2. The second-order valence-corrected chi connectivity index (χ2v) is 7.92. The Hall–Kier alpha value is -2.78. The Morgan fingerprint density at radius 2 is 1.74 bits per heavy atom. The van der Waals surface area contributed by atoms with Crippen LogP contribution in [0.2, 0.25) is 0 Å². The molecule has 0 saturated heterocycles. The maximum atomic E-state index is 12.7. The quantitative estimate of drug-likeness (QED) is 0.663. The van der Waals surface area contributed by atoms with Crippen LogP contribution in [-0.2, 0) is 10.0 Å². The average molecular weight is 388 g/mol. The third kappa shape index (κ3) is 4.32. The molecule has 0 bridgehead atoms. The molecule has 2 aromatic heterocycles. The fourth-order valence-corrected chi connectivity index (χ4v) is 3.78. The van der Waals surface area contributed by atoms with E-state index in [9.17, 15) is 8.42 Å². The standard InChI is InChI=1S/C18H20N4O4S/c1-12(2)16(18-20-17(21-26-18)13-8-10-19-11-9-13)22-27(23,24)15-6-4-14(25-3)5-7-15/h4-12,16,22H,1-3H3/t16-/m0/s1. The van der Waals surface area contributed by atoms with E-state index in [4.69, 9.17) is 9.26 Å². The summed E-state index contributed by atoms with van der Waals surface area (Å²) in [6.45, 7) is 3.75. The van der Waals surface area contributed by atoms with Crippen LogP contribution in [0.4, 0.5) is 0 Å². The van der Waals surface area contributed by atoms with Gasteiger partial charge in [-0.2, -0.15) is 9.71 Å². The molecule has 0 aliphatic rings. The van der Waals surface area contributed by atoms with E-state index < -0.39 is 16.1 Å². The number of hydrogen-bond acceptors (Lipinski definition) is 7. The van der Waals surface area contributed by atoms with Gasteiger partial charge in [-0.05, 0) is 42.3 Å². The smallest absolute Gasteiger partial charge is 0.245 e. The summed E-state index contributed by atoms with van der Waals surface area (Å²) in [5.74, 6) is 1.05. The minimum atomic E-state index is -3.78. The molecule has 2 heterocycles. The second kappa shape index (κ2) is 7.85. The average Bonchev–Trinajstić information content (AvgIpc) is 3.16. The lowest BCUT2D eigenvalue weighted by atomic mass is 10.1. The Balaban J connectivity index is 1.86. The highest BCUT2D eigenvalue weighted by Crippen LogP contribution is 2.26. The van der Waals surface area contributed by atoms with Crippen LogP contribution in [-0.4, -0.2) is 30.7 Å². The van der Waals surface area contributed by atoms with Crippen LogP contribution in [0.5, 0.6) is 5.75 Å². The summed E-state index contributed by atoms with van der Waals surface area (Å²) in [5, 5.41) is 3.95. The number of pyridine rings is 1. The molecule has 0 unspecified atom stereocenters. The zero-order chi connectivity index (χ0) is 19.4. The first-order chi connectivity index (χ1) is 12.9. The normalized spacial score (nSPS) is 12.9. The fraction of sp³-hybridized carbons (Fsp3) is 0.278. The van der Waals surface area contributed by atoms with Crippen molar-refractivity contribution < 1.29 is 17.7 Å². The number of nitrogens with one attached hydrogen (secondary N) is 1. The van der Waals surface area contributed by atoms with Gasteiger partial charge in [0.2, 0.25) is 21.7 Å². The van der Waals surface area contributed by atoms with Gasteiger partial charge >= 0.3 is 0 Å². The molecule has 0 aliphatic carbocycles. The molecule has 0 radical (unpaired) electrons. The summed E-state index contributed by atoms with van der Waals surface area (Å²) in [4.78, 5) is 8.43. The Morgan fingerprint density at radius 1 is 1.07 bits per heavy atom. The van der Waals surface area contributed by atoms with Gasteiger partial charge in [-0.3, -0.25) is 4.98 Å². The van der Waals surface area contributed by atoms with E-state index in [1.54, 1.807) is 36.7 Å². The van der Waals surface area contributed by atoms with Gasteiger partial charge in [0.15, 0.2) is 0 Å². The van der Waals surface area contributed by atoms with Gasteiger partial charge in [-0.25, -0.2) is 8.42 Å². The molecule has 0 saturated carbocycles. The monoisotopic (exact) mass is 388 g/mol. The van der Waals surface area contributed by atoms with Crippen molar-refractivity contribution in [2.45, 2.75) is 24.8 Å². The predicted octanol–water partition coefficient (Wildman–Crippen LogP) is 2.82. The van der Waals surface area contributed by atoms with Gasteiger partial charge in [0.05, 0.1) is 12.0 Å². The van der Waals surface area contributed by atoms with Crippen molar-refractivity contribution in [3.8, 4) is 17.1 Å². The van der Waals surface area contributed by atoms with Crippen molar-refractivity contribution in [3.05, 3.63) is 54.7 Å². The second-order valence-electron chi connectivity index (χ2n) is 6.21. The van der Waals surface area contributed by atoms with Gasteiger partial charge in [0.1, 0.15) is 11.8 Å². The number of hydrogen-bond donors (Lipinski definition) is 1. The molecule has 0 spiro atoms. The van der Waals surface area contributed by atoms with Gasteiger partial charge in [0, 0.05) is 18.0 Å². The minimum Gasteiger partial charge on any atom is -0.497 e. The van der Waals surface area contributed by atoms with E-state index in [0.717, 1.165) is 5.56 Å². The SMILES string of the molecule is COc1ccc(S(=O)(=O)N[C@H](c2nc(-c3ccncc3)no2)C(C)C)cc1. The van der Waals surface area contributed by atoms with Crippen LogP contribution < -0.4 is 9.46 Å². The number of nitrogens with zero attached hydrogens (tertiary/aromatic N) is 3. The van der Waals surface area contributed by atoms with Crippen LogP contribution in [0.1, 0.15) is 25.8 Å². The van der Waals surface area contributed by atoms with E-state index in [1.807, 2.05) is 13.8 Å². The van der Waals surface area contributed by atoms with Crippen molar-refractivity contribution in [2.75, 3.05) is 7.11 Å². The highest BCUT2D eigenvalue weighted by atomic mass is 32.2. The number of sulfonamides is 1. The van der Waals surface area contributed by atoms with Gasteiger partial charge < -0.3 is 9.26 Å². The molecule has 142 valence electrons. The predicted molar refractivity (Wildman–Crippen MR) is 98.4 cm³/mol. The van der Waals surface area contributed by atoms with Crippen LogP contribution >= 0.6 is 0 Å². The molecule has 0 amide bonds.